The molecule has 0 atom stereocenters. The van der Waals surface area contributed by atoms with Crippen LogP contribution in [0.25, 0.3) is 11.4 Å². The number of carbonyl (C=O) groups is 1. The summed E-state index contributed by atoms with van der Waals surface area (Å²) in [7, 11) is 5.58. The number of anilines is 1. The first kappa shape index (κ1) is 19.4. The quantitative estimate of drug-likeness (QED) is 0.715. The van der Waals surface area contributed by atoms with Crippen molar-refractivity contribution in [2.45, 2.75) is 12.7 Å². The van der Waals surface area contributed by atoms with Crippen molar-refractivity contribution in [3.05, 3.63) is 47.6 Å². The SMILES string of the molecule is CN(C)c1ncc(CNC(=O)c2ccc(-c3noc(C(F)(F)F)n3)cc2)n1C. The number of benzene rings is 1. The second kappa shape index (κ2) is 7.33. The van der Waals surface area contributed by atoms with Crippen molar-refractivity contribution in [1.29, 1.82) is 0 Å². The van der Waals surface area contributed by atoms with Crippen LogP contribution < -0.4 is 10.2 Å². The molecule has 28 heavy (non-hydrogen) atoms. The molecule has 0 spiro atoms. The normalized spacial score (nSPS) is 11.5. The summed E-state index contributed by atoms with van der Waals surface area (Å²) in [6.45, 7) is 0.276. The van der Waals surface area contributed by atoms with Gasteiger partial charge in [0.2, 0.25) is 11.8 Å². The van der Waals surface area contributed by atoms with E-state index in [2.05, 4.69) is 25.0 Å². The molecule has 0 radical (unpaired) electrons. The van der Waals surface area contributed by atoms with Crippen molar-refractivity contribution >= 4 is 11.9 Å². The molecule has 2 heterocycles. The molecule has 0 saturated carbocycles. The fraction of sp³-hybridized carbons (Fsp3) is 0.294. The molecule has 11 heteroatoms. The third kappa shape index (κ3) is 3.97. The first-order valence-electron chi connectivity index (χ1n) is 8.14. The summed E-state index contributed by atoms with van der Waals surface area (Å²) in [5, 5.41) is 6.08. The minimum atomic E-state index is -4.71. The Morgan fingerprint density at radius 2 is 1.93 bits per heavy atom. The van der Waals surface area contributed by atoms with E-state index in [1.165, 1.54) is 24.3 Å². The van der Waals surface area contributed by atoms with Crippen LogP contribution in [0.3, 0.4) is 0 Å². The summed E-state index contributed by atoms with van der Waals surface area (Å²) in [5.74, 6) is -1.20. The molecule has 8 nitrogen and oxygen atoms in total. The van der Waals surface area contributed by atoms with Gasteiger partial charge in [0.05, 0.1) is 18.4 Å². The third-order valence-corrected chi connectivity index (χ3v) is 3.96. The van der Waals surface area contributed by atoms with E-state index >= 15 is 0 Å². The fourth-order valence-electron chi connectivity index (χ4n) is 2.51. The summed E-state index contributed by atoms with van der Waals surface area (Å²) in [4.78, 5) is 21.7. The van der Waals surface area contributed by atoms with Gasteiger partial charge in [-0.2, -0.15) is 18.2 Å². The van der Waals surface area contributed by atoms with Gasteiger partial charge in [0, 0.05) is 32.3 Å². The van der Waals surface area contributed by atoms with E-state index < -0.39 is 12.1 Å². The van der Waals surface area contributed by atoms with Gasteiger partial charge in [0.1, 0.15) is 0 Å². The van der Waals surface area contributed by atoms with E-state index in [9.17, 15) is 18.0 Å². The largest absolute Gasteiger partial charge is 0.471 e. The molecule has 0 bridgehead atoms. The average molecular weight is 394 g/mol. The Labute approximate surface area is 158 Å². The Kier molecular flexibility index (Phi) is 5.08. The van der Waals surface area contributed by atoms with Gasteiger partial charge in [0.25, 0.3) is 5.91 Å². The van der Waals surface area contributed by atoms with Crippen molar-refractivity contribution < 1.29 is 22.5 Å². The van der Waals surface area contributed by atoms with Crippen molar-refractivity contribution in [2.75, 3.05) is 19.0 Å². The monoisotopic (exact) mass is 394 g/mol. The highest BCUT2D eigenvalue weighted by Crippen LogP contribution is 2.29. The highest BCUT2D eigenvalue weighted by Gasteiger charge is 2.38. The molecule has 1 aromatic carbocycles. The Morgan fingerprint density at radius 1 is 1.25 bits per heavy atom. The molecular formula is C17H17F3N6O2. The number of amides is 1. The molecule has 2 aromatic heterocycles. The predicted octanol–water partition coefficient (Wildman–Crippen LogP) is 2.48. The molecule has 0 aliphatic heterocycles. The van der Waals surface area contributed by atoms with Crippen LogP contribution in [0.4, 0.5) is 19.1 Å². The Bertz CT molecular complexity index is 976. The van der Waals surface area contributed by atoms with E-state index in [1.807, 2.05) is 30.6 Å². The van der Waals surface area contributed by atoms with Crippen LogP contribution in [0, 0.1) is 0 Å². The number of hydrogen-bond acceptors (Lipinski definition) is 6. The van der Waals surface area contributed by atoms with Crippen LogP contribution in [0.1, 0.15) is 21.9 Å². The van der Waals surface area contributed by atoms with Gasteiger partial charge in [0.15, 0.2) is 0 Å². The van der Waals surface area contributed by atoms with Crippen molar-refractivity contribution in [3.63, 3.8) is 0 Å². The summed E-state index contributed by atoms with van der Waals surface area (Å²) in [5.41, 5.74) is 1.47. The molecule has 0 fully saturated rings. The van der Waals surface area contributed by atoms with Crippen LogP contribution in [0.5, 0.6) is 0 Å². The third-order valence-electron chi connectivity index (χ3n) is 3.96. The molecule has 1 N–H and O–H groups in total. The molecule has 3 aromatic rings. The number of nitrogens with one attached hydrogen (secondary N) is 1. The van der Waals surface area contributed by atoms with Crippen molar-refractivity contribution in [3.8, 4) is 11.4 Å². The van der Waals surface area contributed by atoms with Gasteiger partial charge in [-0.05, 0) is 12.1 Å². The van der Waals surface area contributed by atoms with Crippen molar-refractivity contribution in [1.82, 2.24) is 25.0 Å². The lowest BCUT2D eigenvalue weighted by molar-refractivity contribution is -0.159. The van der Waals surface area contributed by atoms with Crippen molar-refractivity contribution in [2.24, 2.45) is 7.05 Å². The van der Waals surface area contributed by atoms with Crippen LogP contribution in [0.2, 0.25) is 0 Å². The smallest absolute Gasteiger partial charge is 0.348 e. The molecule has 0 unspecified atom stereocenters. The van der Waals surface area contributed by atoms with Crippen LogP contribution >= 0.6 is 0 Å². The predicted molar refractivity (Wildman–Crippen MR) is 93.4 cm³/mol. The van der Waals surface area contributed by atoms with Gasteiger partial charge in [-0.25, -0.2) is 4.98 Å². The van der Waals surface area contributed by atoms with E-state index in [-0.39, 0.29) is 18.3 Å². The lowest BCUT2D eigenvalue weighted by Gasteiger charge is -2.13. The fourth-order valence-corrected chi connectivity index (χ4v) is 2.51. The van der Waals surface area contributed by atoms with E-state index in [0.717, 1.165) is 11.6 Å². The minimum absolute atomic E-state index is 0.203. The molecule has 0 aliphatic rings. The van der Waals surface area contributed by atoms with Gasteiger partial charge >= 0.3 is 12.1 Å². The molecule has 1 amide bonds. The molecule has 148 valence electrons. The van der Waals surface area contributed by atoms with Gasteiger partial charge < -0.3 is 19.3 Å². The van der Waals surface area contributed by atoms with E-state index in [1.54, 1.807) is 6.20 Å². The maximum atomic E-state index is 12.5. The summed E-state index contributed by atoms with van der Waals surface area (Å²) in [6.07, 6.45) is -3.03. The first-order chi connectivity index (χ1) is 13.2. The van der Waals surface area contributed by atoms with Gasteiger partial charge in [-0.1, -0.05) is 17.3 Å². The highest BCUT2D eigenvalue weighted by atomic mass is 19.4. The molecular weight excluding hydrogens is 377 g/mol. The van der Waals surface area contributed by atoms with Gasteiger partial charge in [-0.3, -0.25) is 4.79 Å². The molecule has 0 aliphatic carbocycles. The number of nitrogens with zero attached hydrogens (tertiary/aromatic N) is 5. The Balaban J connectivity index is 1.66. The number of alkyl halides is 3. The van der Waals surface area contributed by atoms with Crippen LogP contribution in [-0.2, 0) is 19.8 Å². The second-order valence-corrected chi connectivity index (χ2v) is 6.18. The maximum absolute atomic E-state index is 12.5. The van der Waals surface area contributed by atoms with Gasteiger partial charge in [-0.15, -0.1) is 0 Å². The number of imidazole rings is 1. The number of carbonyl (C=O) groups excluding carboxylic acids is 1. The maximum Gasteiger partial charge on any atom is 0.471 e. The summed E-state index contributed by atoms with van der Waals surface area (Å²) < 4.78 is 43.6. The Hall–Kier alpha value is -3.37. The molecule has 0 saturated heterocycles. The molecule has 3 rings (SSSR count). The lowest BCUT2D eigenvalue weighted by atomic mass is 10.1. The summed E-state index contributed by atoms with van der Waals surface area (Å²) >= 11 is 0. The zero-order valence-corrected chi connectivity index (χ0v) is 15.3. The second-order valence-electron chi connectivity index (χ2n) is 6.18. The zero-order chi connectivity index (χ0) is 20.5. The zero-order valence-electron chi connectivity index (χ0n) is 15.3. The highest BCUT2D eigenvalue weighted by molar-refractivity contribution is 5.94. The number of halogens is 3. The number of hydrogen-bond donors (Lipinski definition) is 1. The Morgan fingerprint density at radius 3 is 2.46 bits per heavy atom. The first-order valence-corrected chi connectivity index (χ1v) is 8.14. The minimum Gasteiger partial charge on any atom is -0.348 e. The van der Waals surface area contributed by atoms with Crippen LogP contribution in [0.15, 0.2) is 35.0 Å². The topological polar surface area (TPSA) is 89.1 Å². The lowest BCUT2D eigenvalue weighted by Crippen LogP contribution is -2.24. The standard InChI is InChI=1S/C17H17F3N6O2/c1-25(2)16-22-9-12(26(16)3)8-21-14(27)11-6-4-10(5-7-11)13-23-15(28-24-13)17(18,19)20/h4-7,9H,8H2,1-3H3,(H,21,27). The van der Waals surface area contributed by atoms with E-state index in [4.69, 9.17) is 0 Å². The van der Waals surface area contributed by atoms with E-state index in [0.29, 0.717) is 11.1 Å². The average Bonchev–Trinajstić information content (AvgIpc) is 3.27. The van der Waals surface area contributed by atoms with Crippen LogP contribution in [-0.4, -0.2) is 39.7 Å². The number of rotatable bonds is 5. The summed E-state index contributed by atoms with van der Waals surface area (Å²) in [6, 6.07) is 5.86. The number of aromatic nitrogens is 4.